The summed E-state index contributed by atoms with van der Waals surface area (Å²) in [6, 6.07) is 14.0. The van der Waals surface area contributed by atoms with Crippen LogP contribution in [0, 0.1) is 0 Å². The molecule has 0 unspecified atom stereocenters. The fraction of sp³-hybridized carbons (Fsp3) is 0.0667. The molecule has 0 aliphatic carbocycles. The van der Waals surface area contributed by atoms with Gasteiger partial charge in [-0.2, -0.15) is 0 Å². The van der Waals surface area contributed by atoms with E-state index in [1.165, 1.54) is 10.9 Å². The predicted molar refractivity (Wildman–Crippen MR) is 84.8 cm³/mol. The Labute approximate surface area is 124 Å². The van der Waals surface area contributed by atoms with Crippen molar-refractivity contribution in [3.05, 3.63) is 63.7 Å². The van der Waals surface area contributed by atoms with Crippen molar-refractivity contribution in [2.75, 3.05) is 5.32 Å². The van der Waals surface area contributed by atoms with Crippen molar-refractivity contribution in [2.24, 2.45) is 0 Å². The second kappa shape index (κ2) is 5.27. The minimum atomic E-state index is 0.727. The second-order valence-corrected chi connectivity index (χ2v) is 5.63. The van der Waals surface area contributed by atoms with Gasteiger partial charge in [0.05, 0.1) is 5.69 Å². The van der Waals surface area contributed by atoms with Crippen molar-refractivity contribution in [3.8, 4) is 0 Å². The number of para-hydroxylation sites is 1. The molecule has 2 aromatic carbocycles. The first-order chi connectivity index (χ1) is 9.24. The third kappa shape index (κ3) is 2.62. The fourth-order valence-corrected chi connectivity index (χ4v) is 2.66. The number of anilines is 1. The Kier molecular flexibility index (Phi) is 3.49. The molecule has 0 aliphatic rings. The summed E-state index contributed by atoms with van der Waals surface area (Å²) in [4.78, 5) is 3.27. The average molecular weight is 336 g/mol. The van der Waals surface area contributed by atoms with Crippen LogP contribution in [0.2, 0.25) is 5.02 Å². The molecule has 1 heterocycles. The van der Waals surface area contributed by atoms with E-state index in [1.807, 2.05) is 30.5 Å². The number of halogens is 2. The third-order valence-electron chi connectivity index (χ3n) is 3.07. The van der Waals surface area contributed by atoms with Crippen molar-refractivity contribution in [1.29, 1.82) is 0 Å². The lowest BCUT2D eigenvalue weighted by molar-refractivity contribution is 1.16. The van der Waals surface area contributed by atoms with Gasteiger partial charge in [-0.15, -0.1) is 0 Å². The van der Waals surface area contributed by atoms with Crippen LogP contribution in [0.15, 0.2) is 53.1 Å². The lowest BCUT2D eigenvalue weighted by atomic mass is 10.2. The molecule has 0 spiro atoms. The molecular weight excluding hydrogens is 324 g/mol. The van der Waals surface area contributed by atoms with Crippen LogP contribution in [0.1, 0.15) is 5.56 Å². The largest absolute Gasteiger partial charge is 0.380 e. The van der Waals surface area contributed by atoms with Gasteiger partial charge in [-0.1, -0.05) is 29.8 Å². The smallest absolute Gasteiger partial charge is 0.0502 e. The highest BCUT2D eigenvalue weighted by Crippen LogP contribution is 2.27. The fourth-order valence-electron chi connectivity index (χ4n) is 2.10. The van der Waals surface area contributed by atoms with Crippen molar-refractivity contribution < 1.29 is 0 Å². The third-order valence-corrected chi connectivity index (χ3v) is 4.00. The Morgan fingerprint density at radius 1 is 1.16 bits per heavy atom. The van der Waals surface area contributed by atoms with E-state index in [1.54, 1.807) is 0 Å². The van der Waals surface area contributed by atoms with Crippen LogP contribution in [0.5, 0.6) is 0 Å². The highest BCUT2D eigenvalue weighted by molar-refractivity contribution is 9.10. The van der Waals surface area contributed by atoms with E-state index in [4.69, 9.17) is 11.6 Å². The molecule has 0 saturated heterocycles. The Morgan fingerprint density at radius 3 is 2.89 bits per heavy atom. The quantitative estimate of drug-likeness (QED) is 0.677. The Bertz CT molecular complexity index is 721. The van der Waals surface area contributed by atoms with Gasteiger partial charge in [-0.3, -0.25) is 0 Å². The lowest BCUT2D eigenvalue weighted by Gasteiger charge is -2.08. The number of hydrogen-bond donors (Lipinski definition) is 2. The molecule has 19 heavy (non-hydrogen) atoms. The molecule has 2 N–H and O–H groups in total. The highest BCUT2D eigenvalue weighted by atomic mass is 79.9. The molecule has 0 amide bonds. The second-order valence-electron chi connectivity index (χ2n) is 4.34. The maximum absolute atomic E-state index is 6.01. The van der Waals surface area contributed by atoms with Gasteiger partial charge in [-0.05, 0) is 45.8 Å². The summed E-state index contributed by atoms with van der Waals surface area (Å²) < 4.78 is 1.01. The van der Waals surface area contributed by atoms with Crippen molar-refractivity contribution in [3.63, 3.8) is 0 Å². The standard InChI is InChI=1S/C15H12BrClN2/c16-13-6-5-11(17)7-15(13)19-9-10-8-18-14-4-2-1-3-12(10)14/h1-8,18-19H,9H2. The van der Waals surface area contributed by atoms with Gasteiger partial charge >= 0.3 is 0 Å². The molecule has 2 nitrogen and oxygen atoms in total. The Hall–Kier alpha value is -1.45. The zero-order valence-corrected chi connectivity index (χ0v) is 12.4. The van der Waals surface area contributed by atoms with Gasteiger partial charge in [0.1, 0.15) is 0 Å². The molecule has 0 saturated carbocycles. The van der Waals surface area contributed by atoms with Crippen LogP contribution in [0.4, 0.5) is 5.69 Å². The van der Waals surface area contributed by atoms with Crippen LogP contribution in [0.3, 0.4) is 0 Å². The molecular formula is C15H12BrClN2. The van der Waals surface area contributed by atoms with Crippen LogP contribution in [-0.2, 0) is 6.54 Å². The molecule has 96 valence electrons. The molecule has 0 bridgehead atoms. The van der Waals surface area contributed by atoms with Gasteiger partial charge in [0, 0.05) is 33.1 Å². The number of fused-ring (bicyclic) bond motifs is 1. The monoisotopic (exact) mass is 334 g/mol. The minimum absolute atomic E-state index is 0.727. The van der Waals surface area contributed by atoms with Crippen molar-refractivity contribution in [1.82, 2.24) is 4.98 Å². The lowest BCUT2D eigenvalue weighted by Crippen LogP contribution is -1.99. The predicted octanol–water partition coefficient (Wildman–Crippen LogP) is 5.20. The number of nitrogens with one attached hydrogen (secondary N) is 2. The van der Waals surface area contributed by atoms with E-state index in [0.29, 0.717) is 0 Å². The summed E-state index contributed by atoms with van der Waals surface area (Å²) in [6.07, 6.45) is 2.04. The number of benzene rings is 2. The number of hydrogen-bond acceptors (Lipinski definition) is 1. The Balaban J connectivity index is 1.84. The van der Waals surface area contributed by atoms with Crippen LogP contribution < -0.4 is 5.32 Å². The van der Waals surface area contributed by atoms with Crippen molar-refractivity contribution >= 4 is 44.1 Å². The molecule has 0 radical (unpaired) electrons. The van der Waals surface area contributed by atoms with E-state index in [9.17, 15) is 0 Å². The molecule has 0 fully saturated rings. The SMILES string of the molecule is Clc1ccc(Br)c(NCc2c[nH]c3ccccc23)c1. The maximum Gasteiger partial charge on any atom is 0.0502 e. The highest BCUT2D eigenvalue weighted by Gasteiger charge is 2.04. The number of aromatic amines is 1. The van der Waals surface area contributed by atoms with E-state index < -0.39 is 0 Å². The van der Waals surface area contributed by atoms with Gasteiger partial charge in [-0.25, -0.2) is 0 Å². The van der Waals surface area contributed by atoms with Gasteiger partial charge in [0.2, 0.25) is 0 Å². The number of rotatable bonds is 3. The van der Waals surface area contributed by atoms with E-state index in [-0.39, 0.29) is 0 Å². The summed E-state index contributed by atoms with van der Waals surface area (Å²) in [5, 5.41) is 5.37. The van der Waals surface area contributed by atoms with Gasteiger partial charge in [0.25, 0.3) is 0 Å². The van der Waals surface area contributed by atoms with Crippen molar-refractivity contribution in [2.45, 2.75) is 6.54 Å². The van der Waals surface area contributed by atoms with Gasteiger partial charge in [0.15, 0.2) is 0 Å². The number of H-pyrrole nitrogens is 1. The summed E-state index contributed by atoms with van der Waals surface area (Å²) >= 11 is 9.52. The van der Waals surface area contributed by atoms with Crippen LogP contribution >= 0.6 is 27.5 Å². The maximum atomic E-state index is 6.01. The molecule has 0 atom stereocenters. The normalized spacial score (nSPS) is 10.8. The summed E-state index contributed by atoms with van der Waals surface area (Å²) in [5.41, 5.74) is 3.39. The average Bonchev–Trinajstić information content (AvgIpc) is 2.83. The van der Waals surface area contributed by atoms with E-state index in [0.717, 1.165) is 27.2 Å². The molecule has 3 rings (SSSR count). The zero-order valence-electron chi connectivity index (χ0n) is 10.1. The zero-order chi connectivity index (χ0) is 13.2. The molecule has 0 aliphatic heterocycles. The van der Waals surface area contributed by atoms with Gasteiger partial charge < -0.3 is 10.3 Å². The minimum Gasteiger partial charge on any atom is -0.380 e. The van der Waals surface area contributed by atoms with E-state index in [2.05, 4.69) is 44.4 Å². The summed E-state index contributed by atoms with van der Waals surface area (Å²) in [7, 11) is 0. The van der Waals surface area contributed by atoms with E-state index >= 15 is 0 Å². The first-order valence-corrected chi connectivity index (χ1v) is 7.15. The first-order valence-electron chi connectivity index (χ1n) is 5.98. The topological polar surface area (TPSA) is 27.8 Å². The summed E-state index contributed by atoms with van der Waals surface area (Å²) in [5.74, 6) is 0. The number of aromatic nitrogens is 1. The van der Waals surface area contributed by atoms with Crippen LogP contribution in [-0.4, -0.2) is 4.98 Å². The Morgan fingerprint density at radius 2 is 2.00 bits per heavy atom. The first kappa shape index (κ1) is 12.6. The molecule has 3 aromatic rings. The molecule has 1 aromatic heterocycles. The molecule has 4 heteroatoms. The van der Waals surface area contributed by atoms with Crippen LogP contribution in [0.25, 0.3) is 10.9 Å². The summed E-state index contributed by atoms with van der Waals surface area (Å²) in [6.45, 7) is 0.753.